The maximum atomic E-state index is 13.5. The molecule has 1 aliphatic carbocycles. The van der Waals surface area contributed by atoms with Crippen LogP contribution in [0.4, 0.5) is 35.2 Å². The van der Waals surface area contributed by atoms with Gasteiger partial charge < -0.3 is 4.74 Å². The van der Waals surface area contributed by atoms with Crippen LogP contribution >= 0.6 is 0 Å². The Morgan fingerprint density at radius 1 is 1.05 bits per heavy atom. The number of ether oxygens (including phenoxy) is 1. The van der Waals surface area contributed by atoms with Crippen LogP contribution in [0.3, 0.4) is 0 Å². The van der Waals surface area contributed by atoms with E-state index in [2.05, 4.69) is 14.4 Å². The lowest BCUT2D eigenvalue weighted by Crippen LogP contribution is -2.39. The first-order valence-corrected chi connectivity index (χ1v) is 13.1. The number of amides is 3. The second-order valence-corrected chi connectivity index (χ2v) is 10.8. The molecule has 2 fully saturated rings. The number of carbonyl (C=O) groups excluding carboxylic acids is 2. The van der Waals surface area contributed by atoms with Gasteiger partial charge in [0.05, 0.1) is 17.1 Å². The molecule has 13 heteroatoms. The number of pyridine rings is 1. The van der Waals surface area contributed by atoms with Crippen LogP contribution in [0.1, 0.15) is 18.9 Å². The number of benzene rings is 2. The highest BCUT2D eigenvalue weighted by Gasteiger charge is 2.70. The molecule has 3 aromatic rings. The van der Waals surface area contributed by atoms with Crippen molar-refractivity contribution in [3.63, 3.8) is 0 Å². The van der Waals surface area contributed by atoms with Crippen LogP contribution in [-0.4, -0.2) is 37.2 Å². The van der Waals surface area contributed by atoms with Crippen LogP contribution in [0.15, 0.2) is 72.9 Å². The third-order valence-electron chi connectivity index (χ3n) is 6.42. The molecule has 0 bridgehead atoms. The van der Waals surface area contributed by atoms with E-state index in [0.29, 0.717) is 12.0 Å². The minimum atomic E-state index is -4.88. The number of nitrogens with zero attached hydrogens (tertiary/aromatic N) is 3. The van der Waals surface area contributed by atoms with E-state index < -0.39 is 39.6 Å². The average Bonchev–Trinajstić information content (AvgIpc) is 3.44. The van der Waals surface area contributed by atoms with Gasteiger partial charge in [0.1, 0.15) is 17.1 Å². The fourth-order valence-electron chi connectivity index (χ4n) is 4.63. The van der Waals surface area contributed by atoms with Crippen LogP contribution in [0.25, 0.3) is 0 Å². The summed E-state index contributed by atoms with van der Waals surface area (Å²) in [5.41, 5.74) is -0.294. The molecule has 1 saturated heterocycles. The summed E-state index contributed by atoms with van der Waals surface area (Å²) in [4.78, 5) is 33.2. The molecule has 2 aliphatic rings. The van der Waals surface area contributed by atoms with Crippen LogP contribution < -0.4 is 19.3 Å². The number of halogens is 3. The minimum Gasteiger partial charge on any atom is -0.406 e. The average molecular weight is 547 g/mol. The SMILES string of the molecule is CC1CC12C(=O)N(c1ccc(OC(F)(F)F)cc1)C(=O)N2c1ccnc(NS(=O)(=O)Cc2ccccc2)c1. The van der Waals surface area contributed by atoms with E-state index >= 15 is 0 Å². The maximum Gasteiger partial charge on any atom is 0.573 e. The highest BCUT2D eigenvalue weighted by atomic mass is 32.2. The zero-order chi connectivity index (χ0) is 27.3. The van der Waals surface area contributed by atoms with E-state index in [1.54, 1.807) is 37.3 Å². The predicted octanol–water partition coefficient (Wildman–Crippen LogP) is 4.67. The van der Waals surface area contributed by atoms with Crippen LogP contribution in [-0.2, 0) is 20.6 Å². The summed E-state index contributed by atoms with van der Waals surface area (Å²) >= 11 is 0. The van der Waals surface area contributed by atoms with E-state index in [-0.39, 0.29) is 28.9 Å². The van der Waals surface area contributed by atoms with Gasteiger partial charge >= 0.3 is 12.4 Å². The van der Waals surface area contributed by atoms with Crippen LogP contribution in [0.2, 0.25) is 0 Å². The largest absolute Gasteiger partial charge is 0.573 e. The zero-order valence-electron chi connectivity index (χ0n) is 19.8. The molecule has 2 aromatic carbocycles. The summed E-state index contributed by atoms with van der Waals surface area (Å²) in [6.45, 7) is 1.80. The standard InChI is InChI=1S/C25H21F3N4O5S/c1-16-14-24(16)22(33)31(18-7-9-20(10-8-18)37-25(26,27)28)23(34)32(24)19-11-12-29-21(13-19)30-38(35,36)15-17-5-3-2-4-6-17/h2-13,16H,14-15H2,1H3,(H,29,30). The van der Waals surface area contributed by atoms with Crippen molar-refractivity contribution in [3.8, 4) is 5.75 Å². The number of sulfonamides is 1. The number of anilines is 3. The second kappa shape index (κ2) is 9.01. The first-order valence-electron chi connectivity index (χ1n) is 11.4. The van der Waals surface area contributed by atoms with Gasteiger partial charge in [-0.3, -0.25) is 14.4 Å². The minimum absolute atomic E-state index is 0.0331. The van der Waals surface area contributed by atoms with Crippen molar-refractivity contribution in [2.75, 3.05) is 14.5 Å². The summed E-state index contributed by atoms with van der Waals surface area (Å²) in [6, 6.07) is 15.1. The Hall–Kier alpha value is -4.13. The molecule has 198 valence electrons. The Morgan fingerprint density at radius 2 is 1.71 bits per heavy atom. The van der Waals surface area contributed by atoms with Gasteiger partial charge in [-0.05, 0) is 48.2 Å². The molecule has 1 N–H and O–H groups in total. The van der Waals surface area contributed by atoms with E-state index in [0.717, 1.165) is 17.0 Å². The number of urea groups is 1. The number of imide groups is 1. The quantitative estimate of drug-likeness (QED) is 0.432. The monoisotopic (exact) mass is 546 g/mol. The fourth-order valence-corrected chi connectivity index (χ4v) is 5.77. The van der Waals surface area contributed by atoms with Gasteiger partial charge in [-0.15, -0.1) is 13.2 Å². The number of rotatable bonds is 7. The van der Waals surface area contributed by atoms with Crippen LogP contribution in [0.5, 0.6) is 5.75 Å². The molecular weight excluding hydrogens is 525 g/mol. The van der Waals surface area contributed by atoms with Crippen molar-refractivity contribution >= 4 is 39.2 Å². The molecule has 38 heavy (non-hydrogen) atoms. The molecule has 1 saturated carbocycles. The third-order valence-corrected chi connectivity index (χ3v) is 7.65. The van der Waals surface area contributed by atoms with Crippen molar-refractivity contribution < 1.29 is 35.9 Å². The number of aromatic nitrogens is 1. The van der Waals surface area contributed by atoms with E-state index in [1.165, 1.54) is 35.4 Å². The predicted molar refractivity (Wildman–Crippen MR) is 132 cm³/mol. The molecule has 9 nitrogen and oxygen atoms in total. The Kier molecular flexibility index (Phi) is 6.05. The summed E-state index contributed by atoms with van der Waals surface area (Å²) in [5, 5.41) is 0. The van der Waals surface area contributed by atoms with Crippen molar-refractivity contribution in [1.29, 1.82) is 0 Å². The smallest absolute Gasteiger partial charge is 0.406 e. The lowest BCUT2D eigenvalue weighted by atomic mass is 10.1. The molecule has 2 unspecified atom stereocenters. The second-order valence-electron chi connectivity index (χ2n) is 9.08. The van der Waals surface area contributed by atoms with Gasteiger partial charge in [0.15, 0.2) is 0 Å². The van der Waals surface area contributed by atoms with Gasteiger partial charge in [0.2, 0.25) is 10.0 Å². The fraction of sp³-hybridized carbons (Fsp3) is 0.240. The molecule has 2 atom stereocenters. The molecule has 2 heterocycles. The van der Waals surface area contributed by atoms with Crippen molar-refractivity contribution in [2.24, 2.45) is 5.92 Å². The Morgan fingerprint density at radius 3 is 2.32 bits per heavy atom. The number of carbonyl (C=O) groups is 2. The van der Waals surface area contributed by atoms with Crippen molar-refractivity contribution in [3.05, 3.63) is 78.5 Å². The van der Waals surface area contributed by atoms with Gasteiger partial charge in [0, 0.05) is 12.3 Å². The molecule has 5 rings (SSSR count). The lowest BCUT2D eigenvalue weighted by Gasteiger charge is -2.22. The highest BCUT2D eigenvalue weighted by Crippen LogP contribution is 2.55. The van der Waals surface area contributed by atoms with E-state index in [4.69, 9.17) is 0 Å². The molecule has 1 spiro atoms. The van der Waals surface area contributed by atoms with Crippen molar-refractivity contribution in [2.45, 2.75) is 31.0 Å². The number of alkyl halides is 3. The van der Waals surface area contributed by atoms with Gasteiger partial charge in [-0.25, -0.2) is 23.1 Å². The normalized spacial score (nSPS) is 21.2. The first kappa shape index (κ1) is 25.5. The van der Waals surface area contributed by atoms with Gasteiger partial charge in [0.25, 0.3) is 5.91 Å². The lowest BCUT2D eigenvalue weighted by molar-refractivity contribution is -0.274. The summed E-state index contributed by atoms with van der Waals surface area (Å²) in [5.74, 6) is -1.54. The summed E-state index contributed by atoms with van der Waals surface area (Å²) < 4.78 is 69.2. The van der Waals surface area contributed by atoms with E-state index in [1.807, 2.05) is 0 Å². The molecule has 3 amide bonds. The van der Waals surface area contributed by atoms with Gasteiger partial charge in [-0.2, -0.15) is 0 Å². The summed E-state index contributed by atoms with van der Waals surface area (Å²) in [6.07, 6.45) is -3.20. The third kappa shape index (κ3) is 4.76. The first-order chi connectivity index (χ1) is 17.9. The zero-order valence-corrected chi connectivity index (χ0v) is 20.7. The maximum absolute atomic E-state index is 13.5. The van der Waals surface area contributed by atoms with Gasteiger partial charge in [-0.1, -0.05) is 37.3 Å². The molecular formula is C25H21F3N4O5S. The number of hydrogen-bond acceptors (Lipinski definition) is 6. The number of hydrogen-bond donors (Lipinski definition) is 1. The Bertz CT molecular complexity index is 1500. The van der Waals surface area contributed by atoms with Crippen LogP contribution in [0, 0.1) is 5.92 Å². The number of nitrogens with one attached hydrogen (secondary N) is 1. The van der Waals surface area contributed by atoms with E-state index in [9.17, 15) is 31.2 Å². The Labute approximate surface area is 215 Å². The highest BCUT2D eigenvalue weighted by molar-refractivity contribution is 7.91. The Balaban J connectivity index is 1.42. The summed E-state index contributed by atoms with van der Waals surface area (Å²) in [7, 11) is -3.83. The molecule has 1 aliphatic heterocycles. The molecule has 0 radical (unpaired) electrons. The van der Waals surface area contributed by atoms with Crippen molar-refractivity contribution in [1.82, 2.24) is 4.98 Å². The topological polar surface area (TPSA) is 109 Å². The molecule has 1 aromatic heterocycles.